The fraction of sp³-hybridized carbons (Fsp3) is 0.533. The van der Waals surface area contributed by atoms with E-state index < -0.39 is 0 Å². The normalized spacial score (nSPS) is 13.9. The predicted octanol–water partition coefficient (Wildman–Crippen LogP) is 2.07. The van der Waals surface area contributed by atoms with Crippen molar-refractivity contribution in [2.75, 3.05) is 6.61 Å². The van der Waals surface area contributed by atoms with Gasteiger partial charge in [-0.1, -0.05) is 26.0 Å². The van der Waals surface area contributed by atoms with Crippen molar-refractivity contribution in [2.24, 2.45) is 5.92 Å². The van der Waals surface area contributed by atoms with Crippen LogP contribution in [0.25, 0.3) is 0 Å². The van der Waals surface area contributed by atoms with E-state index in [2.05, 4.69) is 10.6 Å². The minimum absolute atomic E-state index is 0.0939. The topological polar surface area (TPSA) is 61.4 Å². The summed E-state index contributed by atoms with van der Waals surface area (Å²) < 4.78 is 13.1. The molecule has 2 atom stereocenters. The maximum Gasteiger partial charge on any atom is 0.315 e. The number of nitrogens with one attached hydrogen (secondary N) is 2. The Bertz CT molecular complexity index is 438. The summed E-state index contributed by atoms with van der Waals surface area (Å²) in [6.45, 7) is 5.62. The van der Waals surface area contributed by atoms with Gasteiger partial charge in [0.1, 0.15) is 5.82 Å². The highest BCUT2D eigenvalue weighted by Gasteiger charge is 2.16. The van der Waals surface area contributed by atoms with Gasteiger partial charge in [-0.25, -0.2) is 9.18 Å². The van der Waals surface area contributed by atoms with Crippen LogP contribution in [-0.2, 0) is 6.42 Å². The van der Waals surface area contributed by atoms with Crippen LogP contribution in [-0.4, -0.2) is 29.8 Å². The van der Waals surface area contributed by atoms with Crippen LogP contribution >= 0.6 is 0 Å². The lowest BCUT2D eigenvalue weighted by molar-refractivity contribution is 0.196. The molecule has 4 nitrogen and oxygen atoms in total. The van der Waals surface area contributed by atoms with Crippen LogP contribution in [0.4, 0.5) is 9.18 Å². The van der Waals surface area contributed by atoms with Crippen molar-refractivity contribution in [3.8, 4) is 0 Å². The number of urea groups is 1. The number of rotatable bonds is 6. The van der Waals surface area contributed by atoms with E-state index in [0.29, 0.717) is 6.42 Å². The lowest BCUT2D eigenvalue weighted by Crippen LogP contribution is -2.49. The molecule has 0 aromatic heterocycles. The summed E-state index contributed by atoms with van der Waals surface area (Å²) in [5.74, 6) is -0.122. The molecular weight excluding hydrogens is 259 g/mol. The van der Waals surface area contributed by atoms with E-state index in [1.807, 2.05) is 26.8 Å². The van der Waals surface area contributed by atoms with E-state index in [4.69, 9.17) is 5.11 Å². The molecule has 112 valence electrons. The molecule has 2 amide bonds. The molecular formula is C15H23FN2O2. The molecule has 0 aliphatic heterocycles. The van der Waals surface area contributed by atoms with Crippen molar-refractivity contribution < 1.29 is 14.3 Å². The number of aliphatic hydroxyl groups is 1. The molecule has 0 unspecified atom stereocenters. The first-order chi connectivity index (χ1) is 9.42. The summed E-state index contributed by atoms with van der Waals surface area (Å²) in [6, 6.07) is 5.62. The molecule has 0 aliphatic carbocycles. The highest BCUT2D eigenvalue weighted by atomic mass is 19.1. The molecule has 0 heterocycles. The zero-order chi connectivity index (χ0) is 15.1. The monoisotopic (exact) mass is 282 g/mol. The third-order valence-corrected chi connectivity index (χ3v) is 3.13. The molecule has 0 saturated heterocycles. The second-order valence-corrected chi connectivity index (χ2v) is 5.39. The highest BCUT2D eigenvalue weighted by Crippen LogP contribution is 2.06. The number of hydrogen-bond acceptors (Lipinski definition) is 2. The Hall–Kier alpha value is -1.62. The van der Waals surface area contributed by atoms with Gasteiger partial charge in [0.2, 0.25) is 0 Å². The Morgan fingerprint density at radius 1 is 1.30 bits per heavy atom. The molecule has 0 spiro atoms. The van der Waals surface area contributed by atoms with Gasteiger partial charge in [-0.3, -0.25) is 0 Å². The first-order valence-corrected chi connectivity index (χ1v) is 6.84. The quantitative estimate of drug-likeness (QED) is 0.748. The maximum atomic E-state index is 13.1. The van der Waals surface area contributed by atoms with Gasteiger partial charge in [0.25, 0.3) is 0 Å². The Morgan fingerprint density at radius 3 is 2.55 bits per heavy atom. The van der Waals surface area contributed by atoms with Gasteiger partial charge in [-0.15, -0.1) is 0 Å². The minimum Gasteiger partial charge on any atom is -0.394 e. The van der Waals surface area contributed by atoms with Crippen molar-refractivity contribution in [3.63, 3.8) is 0 Å². The van der Waals surface area contributed by atoms with Crippen LogP contribution in [0, 0.1) is 11.7 Å². The maximum absolute atomic E-state index is 13.1. The minimum atomic E-state index is -0.318. The van der Waals surface area contributed by atoms with Crippen molar-refractivity contribution in [2.45, 2.75) is 39.3 Å². The molecule has 1 aromatic carbocycles. The highest BCUT2D eigenvalue weighted by molar-refractivity contribution is 5.74. The van der Waals surface area contributed by atoms with Gasteiger partial charge in [0.05, 0.1) is 12.6 Å². The molecule has 3 N–H and O–H groups in total. The smallest absolute Gasteiger partial charge is 0.315 e. The second kappa shape index (κ2) is 7.85. The van der Waals surface area contributed by atoms with Crippen LogP contribution in [0.15, 0.2) is 24.3 Å². The lowest BCUT2D eigenvalue weighted by Gasteiger charge is -2.22. The third-order valence-electron chi connectivity index (χ3n) is 3.13. The summed E-state index contributed by atoms with van der Waals surface area (Å²) >= 11 is 0. The molecule has 1 aromatic rings. The first kappa shape index (κ1) is 16.4. The Morgan fingerprint density at radius 2 is 2.00 bits per heavy atom. The molecule has 20 heavy (non-hydrogen) atoms. The van der Waals surface area contributed by atoms with E-state index in [9.17, 15) is 9.18 Å². The number of halogens is 1. The summed E-state index contributed by atoms with van der Waals surface area (Å²) in [4.78, 5) is 11.8. The first-order valence-electron chi connectivity index (χ1n) is 6.84. The molecule has 0 saturated carbocycles. The summed E-state index contributed by atoms with van der Waals surface area (Å²) in [5, 5.41) is 14.7. The van der Waals surface area contributed by atoms with Gasteiger partial charge in [0.15, 0.2) is 0 Å². The van der Waals surface area contributed by atoms with E-state index in [0.717, 1.165) is 5.56 Å². The third kappa shape index (κ3) is 5.57. The van der Waals surface area contributed by atoms with Gasteiger partial charge < -0.3 is 15.7 Å². The molecule has 0 radical (unpaired) electrons. The van der Waals surface area contributed by atoms with Gasteiger partial charge >= 0.3 is 6.03 Å². The molecule has 0 bridgehead atoms. The zero-order valence-electron chi connectivity index (χ0n) is 12.2. The van der Waals surface area contributed by atoms with Crippen molar-refractivity contribution in [1.29, 1.82) is 0 Å². The number of carbonyl (C=O) groups is 1. The van der Waals surface area contributed by atoms with E-state index in [-0.39, 0.29) is 36.5 Å². The van der Waals surface area contributed by atoms with Crippen LogP contribution < -0.4 is 10.6 Å². The average molecular weight is 282 g/mol. The summed E-state index contributed by atoms with van der Waals surface area (Å²) in [6.07, 6.45) is 0.552. The Labute approximate surface area is 119 Å². The Balaban J connectivity index is 2.45. The number of aliphatic hydroxyl groups excluding tert-OH is 1. The molecule has 1 rings (SSSR count). The number of carbonyl (C=O) groups excluding carboxylic acids is 1. The van der Waals surface area contributed by atoms with Crippen molar-refractivity contribution >= 4 is 6.03 Å². The van der Waals surface area contributed by atoms with E-state index >= 15 is 0 Å². The molecule has 5 heteroatoms. The Kier molecular flexibility index (Phi) is 6.45. The average Bonchev–Trinajstić information content (AvgIpc) is 2.35. The van der Waals surface area contributed by atoms with Gasteiger partial charge in [-0.2, -0.15) is 0 Å². The SMILES string of the molecule is CC(C)[C@@H](CO)NC(=O)N[C@H](C)Cc1cccc(F)c1. The number of amides is 2. The largest absolute Gasteiger partial charge is 0.394 e. The van der Waals surface area contributed by atoms with Crippen molar-refractivity contribution in [1.82, 2.24) is 10.6 Å². The summed E-state index contributed by atoms with van der Waals surface area (Å²) in [5.41, 5.74) is 0.834. The van der Waals surface area contributed by atoms with Crippen LogP contribution in [0.5, 0.6) is 0 Å². The van der Waals surface area contributed by atoms with Gasteiger partial charge in [-0.05, 0) is 37.0 Å². The standard InChI is InChI=1S/C15H23FN2O2/c1-10(2)14(9-19)18-15(20)17-11(3)7-12-5-4-6-13(16)8-12/h4-6,8,10-11,14,19H,7,9H2,1-3H3,(H2,17,18,20)/t11-,14-/m1/s1. The number of benzene rings is 1. The fourth-order valence-corrected chi connectivity index (χ4v) is 1.93. The number of hydrogen-bond donors (Lipinski definition) is 3. The summed E-state index contributed by atoms with van der Waals surface area (Å²) in [7, 11) is 0. The van der Waals surface area contributed by atoms with Crippen molar-refractivity contribution in [3.05, 3.63) is 35.6 Å². The van der Waals surface area contributed by atoms with Crippen LogP contribution in [0.2, 0.25) is 0 Å². The fourth-order valence-electron chi connectivity index (χ4n) is 1.93. The second-order valence-electron chi connectivity index (χ2n) is 5.39. The molecule has 0 aliphatic rings. The van der Waals surface area contributed by atoms with Crippen LogP contribution in [0.3, 0.4) is 0 Å². The van der Waals surface area contributed by atoms with E-state index in [1.165, 1.54) is 12.1 Å². The lowest BCUT2D eigenvalue weighted by atomic mass is 10.1. The molecule has 0 fully saturated rings. The van der Waals surface area contributed by atoms with Crippen LogP contribution in [0.1, 0.15) is 26.3 Å². The van der Waals surface area contributed by atoms with Gasteiger partial charge in [0, 0.05) is 6.04 Å². The predicted molar refractivity (Wildman–Crippen MR) is 76.9 cm³/mol. The zero-order valence-corrected chi connectivity index (χ0v) is 12.2. The van der Waals surface area contributed by atoms with E-state index in [1.54, 1.807) is 6.07 Å².